The first kappa shape index (κ1) is 13.8. The number of fused-ring (bicyclic) bond motifs is 1. The third-order valence-electron chi connectivity index (χ3n) is 3.66. The van der Waals surface area contributed by atoms with Crippen LogP contribution in [-0.2, 0) is 12.8 Å². The van der Waals surface area contributed by atoms with Gasteiger partial charge in [0.2, 0.25) is 0 Å². The number of nitrogens with one attached hydrogen (secondary N) is 1. The van der Waals surface area contributed by atoms with Gasteiger partial charge in [0, 0.05) is 15.0 Å². The van der Waals surface area contributed by atoms with Gasteiger partial charge in [-0.15, -0.1) is 11.3 Å². The number of hydrogen-bond acceptors (Lipinski definition) is 2. The maximum Gasteiger partial charge on any atom is 0.265 e. The molecule has 20 heavy (non-hydrogen) atoms. The first-order chi connectivity index (χ1) is 9.61. The Labute approximate surface area is 131 Å². The molecule has 3 rings (SSSR count). The van der Waals surface area contributed by atoms with Crippen molar-refractivity contribution in [3.63, 3.8) is 0 Å². The molecule has 0 unspecified atom stereocenters. The summed E-state index contributed by atoms with van der Waals surface area (Å²) in [5, 5.41) is 2.96. The fourth-order valence-corrected chi connectivity index (χ4v) is 3.91. The van der Waals surface area contributed by atoms with E-state index >= 15 is 0 Å². The molecule has 1 N–H and O–H groups in total. The third-order valence-corrected chi connectivity index (χ3v) is 5.42. The lowest BCUT2D eigenvalue weighted by atomic mass is 9.90. The van der Waals surface area contributed by atoms with E-state index in [0.29, 0.717) is 0 Å². The van der Waals surface area contributed by atoms with Gasteiger partial charge < -0.3 is 5.32 Å². The highest BCUT2D eigenvalue weighted by Gasteiger charge is 2.20. The summed E-state index contributed by atoms with van der Waals surface area (Å²) >= 11 is 5.04. The third kappa shape index (κ3) is 2.96. The number of hydrogen-bond donors (Lipinski definition) is 1. The molecule has 104 valence electrons. The molecule has 1 heterocycles. The van der Waals surface area contributed by atoms with E-state index in [1.807, 2.05) is 24.3 Å². The van der Waals surface area contributed by atoms with Gasteiger partial charge in [-0.1, -0.05) is 22.9 Å². The van der Waals surface area contributed by atoms with Gasteiger partial charge in [-0.05, 0) is 61.1 Å². The highest BCUT2D eigenvalue weighted by molar-refractivity contribution is 9.10. The summed E-state index contributed by atoms with van der Waals surface area (Å²) in [6.07, 6.45) is 3.46. The second-order valence-corrected chi connectivity index (χ2v) is 7.42. The van der Waals surface area contributed by atoms with Gasteiger partial charge in [-0.3, -0.25) is 4.79 Å². The Kier molecular flexibility index (Phi) is 3.94. The number of halogens is 1. The molecule has 0 bridgehead atoms. The van der Waals surface area contributed by atoms with Gasteiger partial charge in [0.1, 0.15) is 0 Å². The van der Waals surface area contributed by atoms with E-state index in [4.69, 9.17) is 0 Å². The summed E-state index contributed by atoms with van der Waals surface area (Å²) in [5.74, 6) is 0.735. The summed E-state index contributed by atoms with van der Waals surface area (Å²) in [5.41, 5.74) is 2.20. The molecule has 1 aliphatic rings. The van der Waals surface area contributed by atoms with Gasteiger partial charge in [0.25, 0.3) is 5.91 Å². The van der Waals surface area contributed by atoms with Crippen molar-refractivity contribution in [1.29, 1.82) is 0 Å². The number of carbonyl (C=O) groups is 1. The van der Waals surface area contributed by atoms with Crippen molar-refractivity contribution < 1.29 is 4.79 Å². The number of benzene rings is 1. The van der Waals surface area contributed by atoms with Crippen LogP contribution in [0.1, 0.15) is 33.5 Å². The van der Waals surface area contributed by atoms with Crippen molar-refractivity contribution in [3.05, 3.63) is 50.1 Å². The van der Waals surface area contributed by atoms with Gasteiger partial charge in [0.15, 0.2) is 0 Å². The lowest BCUT2D eigenvalue weighted by molar-refractivity contribution is 0.103. The van der Waals surface area contributed by atoms with Crippen LogP contribution in [0.15, 0.2) is 34.8 Å². The Morgan fingerprint density at radius 2 is 2.10 bits per heavy atom. The minimum Gasteiger partial charge on any atom is -0.321 e. The number of thiophene rings is 1. The molecule has 2 aromatic rings. The minimum atomic E-state index is -0.000578. The van der Waals surface area contributed by atoms with Gasteiger partial charge in [-0.25, -0.2) is 0 Å². The van der Waals surface area contributed by atoms with Crippen LogP contribution in [0.5, 0.6) is 0 Å². The van der Waals surface area contributed by atoms with E-state index < -0.39 is 0 Å². The van der Waals surface area contributed by atoms with Crippen molar-refractivity contribution >= 4 is 38.9 Å². The Hall–Kier alpha value is -1.13. The molecule has 0 fully saturated rings. The van der Waals surface area contributed by atoms with E-state index in [9.17, 15) is 4.79 Å². The van der Waals surface area contributed by atoms with Crippen molar-refractivity contribution in [2.45, 2.75) is 26.2 Å². The van der Waals surface area contributed by atoms with Crippen LogP contribution in [-0.4, -0.2) is 5.91 Å². The van der Waals surface area contributed by atoms with Crippen molar-refractivity contribution in [3.8, 4) is 0 Å². The average Bonchev–Trinajstić information content (AvgIpc) is 2.84. The van der Waals surface area contributed by atoms with Gasteiger partial charge in [-0.2, -0.15) is 0 Å². The number of carbonyl (C=O) groups excluding carboxylic acids is 1. The van der Waals surface area contributed by atoms with Gasteiger partial charge in [0.05, 0.1) is 4.88 Å². The van der Waals surface area contributed by atoms with E-state index in [1.54, 1.807) is 11.3 Å². The molecule has 0 radical (unpaired) electrons. The van der Waals surface area contributed by atoms with Crippen LogP contribution in [0.2, 0.25) is 0 Å². The normalized spacial score (nSPS) is 17.6. The molecule has 1 aromatic carbocycles. The molecule has 0 aliphatic heterocycles. The lowest BCUT2D eigenvalue weighted by Gasteiger charge is -2.16. The first-order valence-corrected chi connectivity index (χ1v) is 8.41. The molecule has 4 heteroatoms. The zero-order valence-corrected chi connectivity index (χ0v) is 13.7. The quantitative estimate of drug-likeness (QED) is 0.821. The summed E-state index contributed by atoms with van der Waals surface area (Å²) in [6, 6.07) is 9.73. The average molecular weight is 350 g/mol. The van der Waals surface area contributed by atoms with Crippen molar-refractivity contribution in [2.75, 3.05) is 5.32 Å². The Morgan fingerprint density at radius 1 is 1.35 bits per heavy atom. The minimum absolute atomic E-state index is 0.000578. The Morgan fingerprint density at radius 3 is 2.85 bits per heavy atom. The maximum atomic E-state index is 12.3. The van der Waals surface area contributed by atoms with E-state index in [0.717, 1.165) is 33.8 Å². The molecular weight excluding hydrogens is 334 g/mol. The molecule has 1 amide bonds. The number of rotatable bonds is 2. The van der Waals surface area contributed by atoms with E-state index in [1.165, 1.54) is 16.9 Å². The van der Waals surface area contributed by atoms with E-state index in [-0.39, 0.29) is 5.91 Å². The number of amides is 1. The Balaban J connectivity index is 1.76. The summed E-state index contributed by atoms with van der Waals surface area (Å²) in [4.78, 5) is 14.5. The van der Waals surface area contributed by atoms with Crippen LogP contribution < -0.4 is 5.32 Å². The summed E-state index contributed by atoms with van der Waals surface area (Å²) in [6.45, 7) is 2.28. The molecule has 2 nitrogen and oxygen atoms in total. The first-order valence-electron chi connectivity index (χ1n) is 6.80. The fraction of sp³-hybridized carbons (Fsp3) is 0.312. The molecule has 0 spiro atoms. The number of aryl methyl sites for hydroxylation is 1. The van der Waals surface area contributed by atoms with Crippen LogP contribution >= 0.6 is 27.3 Å². The highest BCUT2D eigenvalue weighted by Crippen LogP contribution is 2.32. The second-order valence-electron chi connectivity index (χ2n) is 5.37. The SMILES string of the molecule is C[C@H]1CCc2sc(C(=O)Nc3ccc(Br)cc3)cc2C1. The topological polar surface area (TPSA) is 29.1 Å². The van der Waals surface area contributed by atoms with Crippen LogP contribution in [0, 0.1) is 5.92 Å². The highest BCUT2D eigenvalue weighted by atomic mass is 79.9. The zero-order chi connectivity index (χ0) is 14.1. The summed E-state index contributed by atoms with van der Waals surface area (Å²) < 4.78 is 1.01. The van der Waals surface area contributed by atoms with Crippen LogP contribution in [0.3, 0.4) is 0 Å². The molecular formula is C16H16BrNOS. The molecule has 1 aromatic heterocycles. The molecule has 1 aliphatic carbocycles. The monoisotopic (exact) mass is 349 g/mol. The molecule has 1 atom stereocenters. The smallest absolute Gasteiger partial charge is 0.265 e. The largest absolute Gasteiger partial charge is 0.321 e. The van der Waals surface area contributed by atoms with Crippen molar-refractivity contribution in [1.82, 2.24) is 0 Å². The van der Waals surface area contributed by atoms with Crippen LogP contribution in [0.25, 0.3) is 0 Å². The molecule has 0 saturated carbocycles. The lowest BCUT2D eigenvalue weighted by Crippen LogP contribution is -2.10. The Bertz CT molecular complexity index is 632. The summed E-state index contributed by atoms with van der Waals surface area (Å²) in [7, 11) is 0. The van der Waals surface area contributed by atoms with Crippen molar-refractivity contribution in [2.24, 2.45) is 5.92 Å². The van der Waals surface area contributed by atoms with Gasteiger partial charge >= 0.3 is 0 Å². The predicted molar refractivity (Wildman–Crippen MR) is 87.6 cm³/mol. The molecule has 0 saturated heterocycles. The van der Waals surface area contributed by atoms with Crippen LogP contribution in [0.4, 0.5) is 5.69 Å². The zero-order valence-electron chi connectivity index (χ0n) is 11.3. The number of anilines is 1. The van der Waals surface area contributed by atoms with E-state index in [2.05, 4.69) is 34.2 Å². The second kappa shape index (κ2) is 5.70. The predicted octanol–water partition coefficient (Wildman–Crippen LogP) is 4.89. The standard InChI is InChI=1S/C16H16BrNOS/c1-10-2-7-14-11(8-10)9-15(20-14)16(19)18-13-5-3-12(17)4-6-13/h3-6,9-10H,2,7-8H2,1H3,(H,18,19)/t10-/m0/s1. The maximum absolute atomic E-state index is 12.3. The fourth-order valence-electron chi connectivity index (χ4n) is 2.54.